The Bertz CT molecular complexity index is 1280. The summed E-state index contributed by atoms with van der Waals surface area (Å²) in [7, 11) is 0. The van der Waals surface area contributed by atoms with Crippen molar-refractivity contribution in [2.24, 2.45) is 4.99 Å². The summed E-state index contributed by atoms with van der Waals surface area (Å²) in [6, 6.07) is 15.6. The van der Waals surface area contributed by atoms with Crippen LogP contribution in [0.2, 0.25) is 5.02 Å². The van der Waals surface area contributed by atoms with Crippen molar-refractivity contribution in [1.82, 2.24) is 14.7 Å². The molecule has 0 bridgehead atoms. The lowest BCUT2D eigenvalue weighted by atomic mass is 10.1. The van der Waals surface area contributed by atoms with Crippen LogP contribution >= 0.6 is 23.4 Å². The number of thioether (sulfide) groups is 1. The first kappa shape index (κ1) is 23.7. The van der Waals surface area contributed by atoms with Gasteiger partial charge in [0.2, 0.25) is 0 Å². The first-order valence-electron chi connectivity index (χ1n) is 12.0. The molecule has 3 heterocycles. The van der Waals surface area contributed by atoms with Crippen LogP contribution in [0.15, 0.2) is 64.6 Å². The summed E-state index contributed by atoms with van der Waals surface area (Å²) in [4.78, 5) is 20.0. The van der Waals surface area contributed by atoms with Gasteiger partial charge in [-0.1, -0.05) is 36.7 Å². The second-order valence-corrected chi connectivity index (χ2v) is 9.98. The lowest BCUT2D eigenvalue weighted by Gasteiger charge is -2.27. The first-order valence-corrected chi connectivity index (χ1v) is 13.2. The van der Waals surface area contributed by atoms with E-state index in [0.29, 0.717) is 22.3 Å². The number of hydrogen-bond acceptors (Lipinski definition) is 5. The molecule has 1 aromatic heterocycles. The van der Waals surface area contributed by atoms with Crippen molar-refractivity contribution in [3.63, 3.8) is 0 Å². The van der Waals surface area contributed by atoms with Gasteiger partial charge < -0.3 is 9.64 Å². The topological polar surface area (TPSA) is 59.7 Å². The van der Waals surface area contributed by atoms with Crippen LogP contribution in [0, 0.1) is 0 Å². The number of ether oxygens (including phenoxy) is 1. The number of amides is 1. The molecule has 3 aromatic rings. The Morgan fingerprint density at radius 2 is 1.91 bits per heavy atom. The number of halogens is 1. The molecular formula is C27H27ClN4O2S. The van der Waals surface area contributed by atoms with Gasteiger partial charge in [0, 0.05) is 30.4 Å². The van der Waals surface area contributed by atoms with Gasteiger partial charge in [0.1, 0.15) is 11.4 Å². The maximum Gasteiger partial charge on any atom is 0.286 e. The van der Waals surface area contributed by atoms with E-state index in [1.54, 1.807) is 0 Å². The number of hydrogen-bond donors (Lipinski definition) is 0. The fraction of sp³-hybridized carbons (Fsp3) is 0.296. The van der Waals surface area contributed by atoms with Gasteiger partial charge >= 0.3 is 0 Å². The third-order valence-corrected chi connectivity index (χ3v) is 7.29. The van der Waals surface area contributed by atoms with E-state index in [1.807, 2.05) is 65.5 Å². The van der Waals surface area contributed by atoms with Gasteiger partial charge in [-0.15, -0.1) is 0 Å². The third-order valence-electron chi connectivity index (χ3n) is 5.95. The minimum atomic E-state index is -0.199. The standard InChI is InChI=1S/C27H27ClN4O2S/c1-2-15-34-23-12-11-19(16-22(23)28)25-20(18-32(30-25)21-9-5-3-6-10-21)17-24-26(33)29-27(35-24)31-13-7-4-8-14-31/h3,5-6,9-12,16-18H,2,4,7-8,13-15H2,1H3. The van der Waals surface area contributed by atoms with E-state index < -0.39 is 0 Å². The second-order valence-electron chi connectivity index (χ2n) is 8.56. The zero-order valence-electron chi connectivity index (χ0n) is 19.6. The van der Waals surface area contributed by atoms with Gasteiger partial charge in [0.25, 0.3) is 5.91 Å². The predicted molar refractivity (Wildman–Crippen MR) is 143 cm³/mol. The fourth-order valence-corrected chi connectivity index (χ4v) is 5.36. The molecule has 1 fully saturated rings. The minimum Gasteiger partial charge on any atom is -0.492 e. The number of aromatic nitrogens is 2. The summed E-state index contributed by atoms with van der Waals surface area (Å²) in [5.74, 6) is 0.455. The molecule has 2 aliphatic rings. The van der Waals surface area contributed by atoms with Gasteiger partial charge in [0.15, 0.2) is 5.17 Å². The smallest absolute Gasteiger partial charge is 0.286 e. The zero-order valence-corrected chi connectivity index (χ0v) is 21.2. The number of benzene rings is 2. The Morgan fingerprint density at radius 1 is 1.11 bits per heavy atom. The monoisotopic (exact) mass is 506 g/mol. The largest absolute Gasteiger partial charge is 0.492 e. The van der Waals surface area contributed by atoms with Crippen LogP contribution < -0.4 is 4.74 Å². The van der Waals surface area contributed by atoms with Crippen molar-refractivity contribution in [2.75, 3.05) is 19.7 Å². The molecule has 180 valence electrons. The number of carbonyl (C=O) groups excluding carboxylic acids is 1. The Kier molecular flexibility index (Phi) is 7.25. The summed E-state index contributed by atoms with van der Waals surface area (Å²) in [6.45, 7) is 4.57. The van der Waals surface area contributed by atoms with Crippen molar-refractivity contribution in [2.45, 2.75) is 32.6 Å². The third kappa shape index (κ3) is 5.31. The lowest BCUT2D eigenvalue weighted by Crippen LogP contribution is -2.33. The first-order chi connectivity index (χ1) is 17.1. The molecule has 0 saturated carbocycles. The van der Waals surface area contributed by atoms with E-state index >= 15 is 0 Å². The zero-order chi connectivity index (χ0) is 24.2. The Morgan fingerprint density at radius 3 is 2.66 bits per heavy atom. The van der Waals surface area contributed by atoms with Gasteiger partial charge in [-0.25, -0.2) is 4.68 Å². The molecule has 2 aliphatic heterocycles. The maximum absolute atomic E-state index is 12.8. The fourth-order valence-electron chi connectivity index (χ4n) is 4.17. The summed E-state index contributed by atoms with van der Waals surface area (Å²) in [6.07, 6.45) is 8.26. The molecule has 0 spiro atoms. The molecule has 5 rings (SSSR count). The average molecular weight is 507 g/mol. The highest BCUT2D eigenvalue weighted by Crippen LogP contribution is 2.36. The van der Waals surface area contributed by atoms with Crippen LogP contribution in [-0.2, 0) is 4.79 Å². The van der Waals surface area contributed by atoms with Crippen LogP contribution in [0.25, 0.3) is 23.0 Å². The quantitative estimate of drug-likeness (QED) is 0.360. The highest BCUT2D eigenvalue weighted by Gasteiger charge is 2.27. The van der Waals surface area contributed by atoms with Crippen molar-refractivity contribution >= 4 is 40.5 Å². The number of nitrogens with zero attached hydrogens (tertiary/aromatic N) is 4. The number of likely N-dealkylation sites (tertiary alicyclic amines) is 1. The molecule has 0 unspecified atom stereocenters. The van der Waals surface area contributed by atoms with E-state index in [2.05, 4.69) is 16.8 Å². The molecule has 35 heavy (non-hydrogen) atoms. The second kappa shape index (κ2) is 10.7. The van der Waals surface area contributed by atoms with E-state index in [0.717, 1.165) is 60.0 Å². The lowest BCUT2D eigenvalue weighted by molar-refractivity contribution is -0.113. The van der Waals surface area contributed by atoms with E-state index in [4.69, 9.17) is 21.4 Å². The predicted octanol–water partition coefficient (Wildman–Crippen LogP) is 6.44. The van der Waals surface area contributed by atoms with Crippen molar-refractivity contribution < 1.29 is 9.53 Å². The molecule has 0 radical (unpaired) electrons. The summed E-state index contributed by atoms with van der Waals surface area (Å²) >= 11 is 7.98. The number of amidine groups is 1. The molecular weight excluding hydrogens is 480 g/mol. The molecule has 0 aliphatic carbocycles. The van der Waals surface area contributed by atoms with Crippen LogP contribution in [-0.4, -0.2) is 45.5 Å². The Hall–Kier alpha value is -3.03. The highest BCUT2D eigenvalue weighted by molar-refractivity contribution is 8.18. The van der Waals surface area contributed by atoms with Crippen LogP contribution in [0.1, 0.15) is 38.2 Å². The van der Waals surface area contributed by atoms with E-state index in [9.17, 15) is 4.79 Å². The summed E-state index contributed by atoms with van der Waals surface area (Å²) in [5, 5.41) is 6.20. The van der Waals surface area contributed by atoms with Crippen LogP contribution in [0.5, 0.6) is 5.75 Å². The number of aliphatic imine (C=N–C) groups is 1. The maximum atomic E-state index is 12.8. The number of para-hydroxylation sites is 1. The van der Waals surface area contributed by atoms with Gasteiger partial charge in [-0.3, -0.25) is 4.79 Å². The molecule has 8 heteroatoms. The Labute approximate surface area is 214 Å². The van der Waals surface area contributed by atoms with Crippen molar-refractivity contribution in [1.29, 1.82) is 0 Å². The minimum absolute atomic E-state index is 0.199. The molecule has 1 saturated heterocycles. The molecule has 2 aromatic carbocycles. The molecule has 0 atom stereocenters. The van der Waals surface area contributed by atoms with Crippen LogP contribution in [0.3, 0.4) is 0 Å². The Balaban J connectivity index is 1.50. The van der Waals surface area contributed by atoms with E-state index in [1.165, 1.54) is 18.2 Å². The molecule has 0 N–H and O–H groups in total. The van der Waals surface area contributed by atoms with Crippen molar-refractivity contribution in [3.8, 4) is 22.7 Å². The van der Waals surface area contributed by atoms with E-state index in [-0.39, 0.29) is 5.91 Å². The number of carbonyl (C=O) groups is 1. The number of rotatable bonds is 6. The van der Waals surface area contributed by atoms with Crippen molar-refractivity contribution in [3.05, 3.63) is 70.2 Å². The highest BCUT2D eigenvalue weighted by atomic mass is 35.5. The molecule has 6 nitrogen and oxygen atoms in total. The van der Waals surface area contributed by atoms with Gasteiger partial charge in [0.05, 0.1) is 22.2 Å². The average Bonchev–Trinajstić information content (AvgIpc) is 3.48. The molecule has 1 amide bonds. The number of piperidine rings is 1. The van der Waals surface area contributed by atoms with Crippen LogP contribution in [0.4, 0.5) is 0 Å². The van der Waals surface area contributed by atoms with Gasteiger partial charge in [-0.2, -0.15) is 10.1 Å². The normalized spacial score (nSPS) is 17.2. The van der Waals surface area contributed by atoms with Gasteiger partial charge in [-0.05, 0) is 73.9 Å². The summed E-state index contributed by atoms with van der Waals surface area (Å²) in [5.41, 5.74) is 3.36. The summed E-state index contributed by atoms with van der Waals surface area (Å²) < 4.78 is 7.56. The SMILES string of the molecule is CCCOc1ccc(-c2nn(-c3ccccc3)cc2C=C2SC(N3CCCCC3)=NC2=O)cc1Cl.